The summed E-state index contributed by atoms with van der Waals surface area (Å²) in [6.07, 6.45) is 5.45. The Bertz CT molecular complexity index is 1010. The Morgan fingerprint density at radius 3 is 2.18 bits per heavy atom. The monoisotopic (exact) mass is 463 g/mol. The lowest BCUT2D eigenvalue weighted by Crippen LogP contribution is -2.44. The summed E-state index contributed by atoms with van der Waals surface area (Å²) >= 11 is 0. The number of nitrogens with zero attached hydrogens (tertiary/aromatic N) is 1. The van der Waals surface area contributed by atoms with E-state index in [1.54, 1.807) is 0 Å². The molecule has 186 valence electrons. The van der Waals surface area contributed by atoms with Gasteiger partial charge in [-0.2, -0.15) is 0 Å². The molecule has 0 saturated heterocycles. The largest absolute Gasteiger partial charge is 0.378 e. The lowest BCUT2D eigenvalue weighted by atomic mass is 9.79. The Morgan fingerprint density at radius 1 is 0.912 bits per heavy atom. The molecule has 1 aliphatic rings. The zero-order chi connectivity index (χ0) is 25.3. The van der Waals surface area contributed by atoms with Gasteiger partial charge in [-0.1, -0.05) is 89.6 Å². The highest BCUT2D eigenvalue weighted by atomic mass is 16.7. The van der Waals surface area contributed by atoms with E-state index in [9.17, 15) is 0 Å². The van der Waals surface area contributed by atoms with Crippen molar-refractivity contribution < 1.29 is 9.57 Å². The summed E-state index contributed by atoms with van der Waals surface area (Å²) in [5, 5.41) is 2.16. The highest BCUT2D eigenvalue weighted by molar-refractivity contribution is 5.72. The van der Waals surface area contributed by atoms with E-state index in [1.165, 1.54) is 27.8 Å². The van der Waals surface area contributed by atoms with E-state index in [-0.39, 0.29) is 29.1 Å². The predicted molar refractivity (Wildman–Crippen MR) is 145 cm³/mol. The Balaban J connectivity index is 2.06. The van der Waals surface area contributed by atoms with Crippen LogP contribution in [0, 0.1) is 31.6 Å². The molecule has 0 saturated carbocycles. The summed E-state index contributed by atoms with van der Waals surface area (Å²) in [7, 11) is 0. The zero-order valence-electron chi connectivity index (χ0n) is 23.0. The van der Waals surface area contributed by atoms with Gasteiger partial charge in [0.05, 0.1) is 17.9 Å². The summed E-state index contributed by atoms with van der Waals surface area (Å²) in [5.41, 5.74) is 7.50. The van der Waals surface area contributed by atoms with Crippen molar-refractivity contribution in [3.05, 3.63) is 70.3 Å². The van der Waals surface area contributed by atoms with Gasteiger partial charge in [0.25, 0.3) is 0 Å². The smallest absolute Gasteiger partial charge is 0.100 e. The first-order valence-corrected chi connectivity index (χ1v) is 12.8. The van der Waals surface area contributed by atoms with Gasteiger partial charge in [0, 0.05) is 13.0 Å². The minimum absolute atomic E-state index is 0.0125. The van der Waals surface area contributed by atoms with E-state index in [1.807, 2.05) is 0 Å². The molecular formula is C31H45NO2. The molecular weight excluding hydrogens is 418 g/mol. The van der Waals surface area contributed by atoms with Gasteiger partial charge >= 0.3 is 0 Å². The summed E-state index contributed by atoms with van der Waals surface area (Å²) in [6.45, 7) is 23.0. The van der Waals surface area contributed by atoms with Crippen molar-refractivity contribution in [3.63, 3.8) is 0 Å². The maximum Gasteiger partial charge on any atom is 0.100 e. The van der Waals surface area contributed by atoms with Crippen molar-refractivity contribution in [3.8, 4) is 0 Å². The van der Waals surface area contributed by atoms with Gasteiger partial charge in [-0.15, -0.1) is 0 Å². The molecule has 3 rings (SSSR count). The Hall–Kier alpha value is -2.10. The van der Waals surface area contributed by atoms with Gasteiger partial charge in [-0.3, -0.25) is 4.84 Å². The van der Waals surface area contributed by atoms with Crippen LogP contribution in [0.2, 0.25) is 0 Å². The minimum atomic E-state index is -0.0567. The third-order valence-corrected chi connectivity index (χ3v) is 7.02. The van der Waals surface area contributed by atoms with Crippen LogP contribution in [0.1, 0.15) is 88.7 Å². The van der Waals surface area contributed by atoms with Crippen molar-refractivity contribution in [1.29, 1.82) is 0 Å². The second kappa shape index (κ2) is 10.3. The average molecular weight is 464 g/mol. The molecule has 0 N–H and O–H groups in total. The lowest BCUT2D eigenvalue weighted by Gasteiger charge is -2.43. The standard InChI is InChI=1S/C31H45NO2/c1-11-33-28(30(5,6)7)20-29(31(8,9)10)34-32-26-15-13-12-14-24(26)16-17-27(32)25-19-21(2)18-22(3)23(25)4/h12-19,27-29H,11,20H2,1-10H3. The maximum atomic E-state index is 7.06. The predicted octanol–water partition coefficient (Wildman–Crippen LogP) is 8.37. The molecule has 0 radical (unpaired) electrons. The van der Waals surface area contributed by atoms with E-state index in [4.69, 9.17) is 9.57 Å². The first-order valence-electron chi connectivity index (χ1n) is 12.8. The minimum Gasteiger partial charge on any atom is -0.378 e. The zero-order valence-corrected chi connectivity index (χ0v) is 23.0. The summed E-state index contributed by atoms with van der Waals surface area (Å²) in [4.78, 5) is 7.06. The fraction of sp³-hybridized carbons (Fsp3) is 0.548. The molecule has 0 bridgehead atoms. The number of hydroxylamine groups is 1. The van der Waals surface area contributed by atoms with E-state index >= 15 is 0 Å². The number of para-hydroxylation sites is 1. The third-order valence-electron chi connectivity index (χ3n) is 7.02. The number of hydrogen-bond acceptors (Lipinski definition) is 3. The van der Waals surface area contributed by atoms with Crippen LogP contribution in [0.3, 0.4) is 0 Å². The van der Waals surface area contributed by atoms with Gasteiger partial charge < -0.3 is 4.74 Å². The SMILES string of the molecule is CCOC(CC(ON1c2ccccc2C=CC1c1cc(C)cc(C)c1C)C(C)(C)C)C(C)(C)C. The molecule has 1 aliphatic heterocycles. The fourth-order valence-corrected chi connectivity index (χ4v) is 4.74. The van der Waals surface area contributed by atoms with Crippen molar-refractivity contribution in [2.45, 2.75) is 93.9 Å². The summed E-state index contributed by atoms with van der Waals surface area (Å²) in [5.74, 6) is 0. The molecule has 3 unspecified atom stereocenters. The van der Waals surface area contributed by atoms with Gasteiger partial charge in [0.15, 0.2) is 0 Å². The van der Waals surface area contributed by atoms with Crippen molar-refractivity contribution >= 4 is 11.8 Å². The molecule has 0 aliphatic carbocycles. The first kappa shape index (κ1) is 26.5. The second-order valence-electron chi connectivity index (χ2n) is 12.0. The molecule has 34 heavy (non-hydrogen) atoms. The lowest BCUT2D eigenvalue weighted by molar-refractivity contribution is -0.0981. The highest BCUT2D eigenvalue weighted by Gasteiger charge is 2.38. The van der Waals surface area contributed by atoms with Crippen LogP contribution in [0.4, 0.5) is 5.69 Å². The number of rotatable bonds is 7. The van der Waals surface area contributed by atoms with Crippen LogP contribution >= 0.6 is 0 Å². The maximum absolute atomic E-state index is 7.06. The second-order valence-corrected chi connectivity index (χ2v) is 12.0. The topological polar surface area (TPSA) is 21.7 Å². The first-order chi connectivity index (χ1) is 15.8. The fourth-order valence-electron chi connectivity index (χ4n) is 4.74. The summed E-state index contributed by atoms with van der Waals surface area (Å²) in [6, 6.07) is 13.1. The quantitative estimate of drug-likeness (QED) is 0.411. The van der Waals surface area contributed by atoms with Gasteiger partial charge in [0.1, 0.15) is 6.04 Å². The van der Waals surface area contributed by atoms with Gasteiger partial charge in [-0.05, 0) is 66.8 Å². The number of anilines is 1. The molecule has 3 nitrogen and oxygen atoms in total. The average Bonchev–Trinajstić information content (AvgIpc) is 2.74. The molecule has 1 heterocycles. The number of hydrogen-bond donors (Lipinski definition) is 0. The molecule has 0 amide bonds. The van der Waals surface area contributed by atoms with Crippen LogP contribution in [0.5, 0.6) is 0 Å². The number of fused-ring (bicyclic) bond motifs is 1. The Kier molecular flexibility index (Phi) is 7.99. The van der Waals surface area contributed by atoms with Crippen LogP contribution in [0.25, 0.3) is 6.08 Å². The Labute approximate surface area is 208 Å². The molecule has 0 aromatic heterocycles. The van der Waals surface area contributed by atoms with Crippen molar-refractivity contribution in [2.75, 3.05) is 11.7 Å². The van der Waals surface area contributed by atoms with Crippen molar-refractivity contribution in [1.82, 2.24) is 0 Å². The van der Waals surface area contributed by atoms with E-state index in [0.29, 0.717) is 6.61 Å². The molecule has 0 spiro atoms. The highest BCUT2D eigenvalue weighted by Crippen LogP contribution is 2.42. The van der Waals surface area contributed by atoms with Crippen LogP contribution in [0.15, 0.2) is 42.5 Å². The number of ether oxygens (including phenoxy) is 1. The van der Waals surface area contributed by atoms with E-state index in [2.05, 4.69) is 123 Å². The van der Waals surface area contributed by atoms with Crippen LogP contribution in [-0.4, -0.2) is 18.8 Å². The number of aryl methyl sites for hydroxylation is 2. The van der Waals surface area contributed by atoms with Gasteiger partial charge in [0.2, 0.25) is 0 Å². The Morgan fingerprint density at radius 2 is 1.56 bits per heavy atom. The van der Waals surface area contributed by atoms with Gasteiger partial charge in [-0.25, -0.2) is 5.06 Å². The molecule has 3 atom stereocenters. The number of benzene rings is 2. The molecule has 0 fully saturated rings. The van der Waals surface area contributed by atoms with E-state index < -0.39 is 0 Å². The van der Waals surface area contributed by atoms with Crippen LogP contribution < -0.4 is 5.06 Å². The molecule has 2 aromatic carbocycles. The molecule has 2 aromatic rings. The normalized spacial score (nSPS) is 18.1. The van der Waals surface area contributed by atoms with E-state index in [0.717, 1.165) is 12.1 Å². The third kappa shape index (κ3) is 5.93. The van der Waals surface area contributed by atoms with Crippen LogP contribution in [-0.2, 0) is 9.57 Å². The summed E-state index contributed by atoms with van der Waals surface area (Å²) < 4.78 is 6.24. The van der Waals surface area contributed by atoms with Crippen molar-refractivity contribution in [2.24, 2.45) is 10.8 Å². The molecule has 3 heteroatoms.